The molecule has 7 heteroatoms. The third-order valence-corrected chi connectivity index (χ3v) is 3.09. The number of thioether (sulfide) groups is 1. The van der Waals surface area contributed by atoms with Crippen molar-refractivity contribution in [1.29, 1.82) is 0 Å². The molecule has 112 valence electrons. The Labute approximate surface area is 128 Å². The van der Waals surface area contributed by atoms with Crippen molar-refractivity contribution in [3.8, 4) is 17.4 Å². The van der Waals surface area contributed by atoms with Gasteiger partial charge in [-0.1, -0.05) is 30.8 Å². The minimum Gasteiger partial charge on any atom is -0.490 e. The van der Waals surface area contributed by atoms with Crippen LogP contribution in [-0.4, -0.2) is 22.8 Å². The molecule has 2 rings (SSSR count). The Morgan fingerprint density at radius 3 is 2.67 bits per heavy atom. The number of aromatic nitrogens is 2. The highest BCUT2D eigenvalue weighted by Gasteiger charge is 2.09. The van der Waals surface area contributed by atoms with E-state index in [2.05, 4.69) is 22.3 Å². The minimum atomic E-state index is 0.412. The molecule has 0 spiro atoms. The summed E-state index contributed by atoms with van der Waals surface area (Å²) in [5.74, 6) is 7.61. The molecule has 0 aliphatic rings. The van der Waals surface area contributed by atoms with Gasteiger partial charge in [0.25, 0.3) is 0 Å². The third-order valence-electron chi connectivity index (χ3n) is 2.54. The Morgan fingerprint density at radius 2 is 2.00 bits per heavy atom. The number of hydrazine groups is 1. The number of para-hydroxylation sites is 2. The second-order valence-electron chi connectivity index (χ2n) is 4.12. The molecule has 0 bridgehead atoms. The zero-order valence-electron chi connectivity index (χ0n) is 12.0. The monoisotopic (exact) mass is 306 g/mol. The van der Waals surface area contributed by atoms with E-state index in [4.69, 9.17) is 15.3 Å². The molecule has 0 amide bonds. The van der Waals surface area contributed by atoms with Crippen molar-refractivity contribution in [2.75, 3.05) is 18.3 Å². The van der Waals surface area contributed by atoms with Crippen LogP contribution in [0.4, 0.5) is 5.82 Å². The van der Waals surface area contributed by atoms with Gasteiger partial charge in [-0.05, 0) is 24.8 Å². The van der Waals surface area contributed by atoms with Gasteiger partial charge in [0.15, 0.2) is 16.7 Å². The van der Waals surface area contributed by atoms with Gasteiger partial charge in [-0.15, -0.1) is 0 Å². The largest absolute Gasteiger partial charge is 0.490 e. The van der Waals surface area contributed by atoms with Crippen LogP contribution in [0.25, 0.3) is 0 Å². The summed E-state index contributed by atoms with van der Waals surface area (Å²) >= 11 is 1.41. The second-order valence-corrected chi connectivity index (χ2v) is 4.89. The lowest BCUT2D eigenvalue weighted by Crippen LogP contribution is -2.09. The van der Waals surface area contributed by atoms with Gasteiger partial charge in [0.1, 0.15) is 5.82 Å². The normalized spacial score (nSPS) is 10.2. The lowest BCUT2D eigenvalue weighted by atomic mass is 10.3. The molecule has 3 N–H and O–H groups in total. The topological polar surface area (TPSA) is 82.3 Å². The molecule has 0 aliphatic carbocycles. The zero-order chi connectivity index (χ0) is 15.1. The maximum atomic E-state index is 5.81. The van der Waals surface area contributed by atoms with E-state index in [1.807, 2.05) is 30.5 Å². The molecule has 6 nitrogen and oxygen atoms in total. The first-order chi connectivity index (χ1) is 10.3. The van der Waals surface area contributed by atoms with E-state index in [0.717, 1.165) is 6.42 Å². The smallest absolute Gasteiger partial charge is 0.225 e. The summed E-state index contributed by atoms with van der Waals surface area (Å²) in [6.45, 7) is 2.69. The molecular formula is C14H18N4O2S. The average molecular weight is 306 g/mol. The fraction of sp³-hybridized carbons (Fsp3) is 0.286. The fourth-order valence-corrected chi connectivity index (χ4v) is 1.97. The highest BCUT2D eigenvalue weighted by atomic mass is 32.2. The number of ether oxygens (including phenoxy) is 2. The van der Waals surface area contributed by atoms with Crippen molar-refractivity contribution >= 4 is 17.6 Å². The third kappa shape index (κ3) is 4.24. The number of rotatable bonds is 7. The Kier molecular flexibility index (Phi) is 5.65. The van der Waals surface area contributed by atoms with Crippen molar-refractivity contribution in [2.24, 2.45) is 5.84 Å². The van der Waals surface area contributed by atoms with E-state index in [1.165, 1.54) is 11.8 Å². The van der Waals surface area contributed by atoms with Crippen LogP contribution in [0.5, 0.6) is 17.4 Å². The van der Waals surface area contributed by atoms with Crippen molar-refractivity contribution in [2.45, 2.75) is 18.5 Å². The molecule has 1 aromatic carbocycles. The van der Waals surface area contributed by atoms with Crippen LogP contribution in [0.2, 0.25) is 0 Å². The van der Waals surface area contributed by atoms with Crippen LogP contribution < -0.4 is 20.7 Å². The fourth-order valence-electron chi connectivity index (χ4n) is 1.60. The van der Waals surface area contributed by atoms with Gasteiger partial charge in [0.2, 0.25) is 5.88 Å². The van der Waals surface area contributed by atoms with Crippen molar-refractivity contribution in [1.82, 2.24) is 9.97 Å². The summed E-state index contributed by atoms with van der Waals surface area (Å²) in [4.78, 5) is 8.48. The van der Waals surface area contributed by atoms with E-state index >= 15 is 0 Å². The number of benzene rings is 1. The molecule has 0 saturated carbocycles. The van der Waals surface area contributed by atoms with Crippen LogP contribution >= 0.6 is 11.8 Å². The van der Waals surface area contributed by atoms with Crippen molar-refractivity contribution < 1.29 is 9.47 Å². The summed E-state index contributed by atoms with van der Waals surface area (Å²) < 4.78 is 11.5. The van der Waals surface area contributed by atoms with Crippen LogP contribution in [0.1, 0.15) is 13.3 Å². The molecule has 1 heterocycles. The Balaban J connectivity index is 2.25. The van der Waals surface area contributed by atoms with Gasteiger partial charge in [-0.3, -0.25) is 0 Å². The maximum absolute atomic E-state index is 5.81. The first kappa shape index (κ1) is 15.4. The molecule has 0 radical (unpaired) electrons. The number of nitrogen functional groups attached to an aromatic ring is 1. The van der Waals surface area contributed by atoms with Gasteiger partial charge in [-0.25, -0.2) is 10.8 Å². The predicted octanol–water partition coefficient (Wildman–Crippen LogP) is 3.07. The zero-order valence-corrected chi connectivity index (χ0v) is 12.8. The summed E-state index contributed by atoms with van der Waals surface area (Å²) in [6, 6.07) is 9.12. The summed E-state index contributed by atoms with van der Waals surface area (Å²) in [5, 5.41) is 0.576. The quantitative estimate of drug-likeness (QED) is 0.352. The lowest BCUT2D eigenvalue weighted by molar-refractivity contribution is 0.300. The molecule has 0 atom stereocenters. The van der Waals surface area contributed by atoms with E-state index < -0.39 is 0 Å². The highest BCUT2D eigenvalue weighted by Crippen LogP contribution is 2.31. The van der Waals surface area contributed by atoms with Crippen LogP contribution in [0.15, 0.2) is 35.5 Å². The summed E-state index contributed by atoms with van der Waals surface area (Å²) in [7, 11) is 0. The maximum Gasteiger partial charge on any atom is 0.225 e. The van der Waals surface area contributed by atoms with Crippen molar-refractivity contribution in [3.63, 3.8) is 0 Å². The molecular weight excluding hydrogens is 288 g/mol. The number of hydrogen-bond acceptors (Lipinski definition) is 7. The van der Waals surface area contributed by atoms with Crippen molar-refractivity contribution in [3.05, 3.63) is 30.3 Å². The van der Waals surface area contributed by atoms with Gasteiger partial charge in [-0.2, -0.15) is 4.98 Å². The molecule has 2 aromatic rings. The number of anilines is 1. The van der Waals surface area contributed by atoms with Gasteiger partial charge in [0.05, 0.1) is 6.61 Å². The van der Waals surface area contributed by atoms with Crippen LogP contribution in [0.3, 0.4) is 0 Å². The van der Waals surface area contributed by atoms with E-state index in [9.17, 15) is 0 Å². The summed E-state index contributed by atoms with van der Waals surface area (Å²) in [6.07, 6.45) is 2.82. The number of hydrogen-bond donors (Lipinski definition) is 2. The predicted molar refractivity (Wildman–Crippen MR) is 83.9 cm³/mol. The minimum absolute atomic E-state index is 0.412. The Morgan fingerprint density at radius 1 is 1.24 bits per heavy atom. The number of nitrogens with one attached hydrogen (secondary N) is 1. The molecule has 0 aliphatic heterocycles. The standard InChI is InChI=1S/C14H18N4O2S/c1-3-8-19-10-6-4-5-7-11(10)20-13-9-12(18-15)16-14(17-13)21-2/h4-7,9H,3,8,15H2,1-2H3,(H,16,17,18). The SMILES string of the molecule is CCCOc1ccccc1Oc1cc(NN)nc(SC)n1. The number of nitrogens with two attached hydrogens (primary N) is 1. The first-order valence-corrected chi connectivity index (χ1v) is 7.78. The second kappa shape index (κ2) is 7.70. The molecule has 1 aromatic heterocycles. The first-order valence-electron chi connectivity index (χ1n) is 6.56. The van der Waals surface area contributed by atoms with Crippen LogP contribution in [0, 0.1) is 0 Å². The van der Waals surface area contributed by atoms with Gasteiger partial charge < -0.3 is 14.9 Å². The van der Waals surface area contributed by atoms with Crippen LogP contribution in [-0.2, 0) is 0 Å². The van der Waals surface area contributed by atoms with E-state index in [-0.39, 0.29) is 0 Å². The Bertz CT molecular complexity index is 573. The molecule has 0 unspecified atom stereocenters. The van der Waals surface area contributed by atoms with Gasteiger partial charge >= 0.3 is 0 Å². The lowest BCUT2D eigenvalue weighted by Gasteiger charge is -2.12. The summed E-state index contributed by atoms with van der Waals surface area (Å²) in [5.41, 5.74) is 2.50. The molecule has 0 fully saturated rings. The highest BCUT2D eigenvalue weighted by molar-refractivity contribution is 7.98. The van der Waals surface area contributed by atoms with E-state index in [1.54, 1.807) is 6.07 Å². The van der Waals surface area contributed by atoms with E-state index in [0.29, 0.717) is 35.0 Å². The number of nitrogens with zero attached hydrogens (tertiary/aromatic N) is 2. The Hall–Kier alpha value is -1.99. The molecule has 0 saturated heterocycles. The van der Waals surface area contributed by atoms with Gasteiger partial charge in [0, 0.05) is 6.07 Å². The average Bonchev–Trinajstić information content (AvgIpc) is 2.53. The molecule has 21 heavy (non-hydrogen) atoms.